The van der Waals surface area contributed by atoms with Gasteiger partial charge in [-0.1, -0.05) is 0 Å². The Hall–Kier alpha value is -2.83. The summed E-state index contributed by atoms with van der Waals surface area (Å²) in [4.78, 5) is 22.3. The summed E-state index contributed by atoms with van der Waals surface area (Å²) in [5.74, 6) is 3.04. The fourth-order valence-corrected chi connectivity index (χ4v) is 7.66. The zero-order valence-electron chi connectivity index (χ0n) is 18.8. The molecule has 3 aromatic rings. The molecule has 0 atom stereocenters. The lowest BCUT2D eigenvalue weighted by atomic mass is 9.53. The Labute approximate surface area is 192 Å². The third kappa shape index (κ3) is 3.19. The van der Waals surface area contributed by atoms with Crippen LogP contribution in [-0.2, 0) is 0 Å². The number of carbonyl (C=O) groups is 1. The van der Waals surface area contributed by atoms with Gasteiger partial charge in [-0.15, -0.1) is 0 Å². The van der Waals surface area contributed by atoms with Crippen LogP contribution in [0.1, 0.15) is 38.5 Å². The van der Waals surface area contributed by atoms with Crippen LogP contribution in [0.4, 0.5) is 15.0 Å². The predicted molar refractivity (Wildman–Crippen MR) is 126 cm³/mol. The second-order valence-electron chi connectivity index (χ2n) is 10.9. The summed E-state index contributed by atoms with van der Waals surface area (Å²) in [5.41, 5.74) is 2.61. The lowest BCUT2D eigenvalue weighted by Crippen LogP contribution is -2.63. The summed E-state index contributed by atoms with van der Waals surface area (Å²) < 4.78 is 15.9. The number of hydrogen-bond donors (Lipinski definition) is 1. The fraction of sp³-hybridized carbons (Fsp3) is 0.538. The average Bonchev–Trinajstić information content (AvgIpc) is 3.27. The molecule has 5 fully saturated rings. The molecule has 0 unspecified atom stereocenters. The van der Waals surface area contributed by atoms with Gasteiger partial charge in [-0.05, 0) is 80.5 Å². The van der Waals surface area contributed by atoms with Crippen molar-refractivity contribution in [2.24, 2.45) is 17.8 Å². The van der Waals surface area contributed by atoms with Gasteiger partial charge in [0.2, 0.25) is 0 Å². The van der Waals surface area contributed by atoms with E-state index in [1.807, 2.05) is 17.2 Å². The van der Waals surface area contributed by atoms with Crippen LogP contribution in [0.15, 0.2) is 36.5 Å². The van der Waals surface area contributed by atoms with E-state index in [4.69, 9.17) is 4.98 Å². The van der Waals surface area contributed by atoms with Gasteiger partial charge < -0.3 is 19.5 Å². The smallest absolute Gasteiger partial charge is 0.317 e. The molecular weight excluding hydrogens is 417 g/mol. The van der Waals surface area contributed by atoms with Gasteiger partial charge in [0.15, 0.2) is 5.82 Å². The molecule has 1 N–H and O–H groups in total. The molecule has 1 saturated heterocycles. The lowest BCUT2D eigenvalue weighted by molar-refractivity contribution is -0.0157. The number of benzene rings is 1. The minimum absolute atomic E-state index is 0.0467. The number of halogens is 1. The van der Waals surface area contributed by atoms with Gasteiger partial charge in [0.05, 0.1) is 16.6 Å². The van der Waals surface area contributed by atoms with E-state index in [1.54, 1.807) is 6.07 Å². The monoisotopic (exact) mass is 447 g/mol. The van der Waals surface area contributed by atoms with Crippen LogP contribution in [0.5, 0.6) is 0 Å². The highest BCUT2D eigenvalue weighted by atomic mass is 19.1. The number of fused-ring (bicyclic) bond motifs is 3. The lowest BCUT2D eigenvalue weighted by Gasteiger charge is -2.57. The molecule has 7 heteroatoms. The molecule has 5 aliphatic rings. The molecule has 4 saturated carbocycles. The van der Waals surface area contributed by atoms with Crippen molar-refractivity contribution in [3.05, 3.63) is 42.3 Å². The third-order valence-corrected chi connectivity index (χ3v) is 8.68. The summed E-state index contributed by atoms with van der Waals surface area (Å²) in [6.45, 7) is 2.80. The summed E-state index contributed by atoms with van der Waals surface area (Å²) >= 11 is 0. The molecule has 33 heavy (non-hydrogen) atoms. The quantitative estimate of drug-likeness (QED) is 0.633. The Morgan fingerprint density at radius 2 is 1.67 bits per heavy atom. The highest BCUT2D eigenvalue weighted by Crippen LogP contribution is 2.55. The Kier molecular flexibility index (Phi) is 4.21. The van der Waals surface area contributed by atoms with Crippen molar-refractivity contribution in [3.63, 3.8) is 0 Å². The van der Waals surface area contributed by atoms with Crippen molar-refractivity contribution in [1.29, 1.82) is 0 Å². The first kappa shape index (κ1) is 19.6. The van der Waals surface area contributed by atoms with Crippen molar-refractivity contribution in [3.8, 4) is 0 Å². The van der Waals surface area contributed by atoms with Crippen molar-refractivity contribution in [2.45, 2.75) is 44.1 Å². The summed E-state index contributed by atoms with van der Waals surface area (Å²) in [7, 11) is 0. The van der Waals surface area contributed by atoms with Crippen molar-refractivity contribution >= 4 is 28.4 Å². The maximum atomic E-state index is 13.9. The van der Waals surface area contributed by atoms with E-state index in [1.165, 1.54) is 50.7 Å². The van der Waals surface area contributed by atoms with E-state index in [0.29, 0.717) is 18.6 Å². The Bertz CT molecular complexity index is 1210. The standard InChI is InChI=1S/C26H30FN5O/c27-20-3-4-22-21(13-20)28-24(23-2-1-5-32(22)23)30-6-8-31(9-7-30)25(33)29-26-14-17-10-18(15-26)12-19(11-17)16-26/h1-5,13,17-19H,6-12,14-16H2,(H,29,33). The van der Waals surface area contributed by atoms with Crippen LogP contribution in [0, 0.1) is 23.6 Å². The molecule has 4 bridgehead atoms. The van der Waals surface area contributed by atoms with E-state index < -0.39 is 0 Å². The van der Waals surface area contributed by atoms with E-state index in [2.05, 4.69) is 20.7 Å². The minimum atomic E-state index is -0.279. The van der Waals surface area contributed by atoms with Gasteiger partial charge in [0, 0.05) is 44.0 Å². The van der Waals surface area contributed by atoms with E-state index in [-0.39, 0.29) is 17.4 Å². The van der Waals surface area contributed by atoms with Gasteiger partial charge in [-0.25, -0.2) is 14.2 Å². The van der Waals surface area contributed by atoms with E-state index in [9.17, 15) is 9.18 Å². The van der Waals surface area contributed by atoms with Crippen molar-refractivity contribution in [1.82, 2.24) is 19.6 Å². The molecule has 1 aromatic carbocycles. The fourth-order valence-electron chi connectivity index (χ4n) is 7.66. The minimum Gasteiger partial charge on any atom is -0.351 e. The third-order valence-electron chi connectivity index (χ3n) is 8.68. The Morgan fingerprint density at radius 1 is 0.970 bits per heavy atom. The SMILES string of the molecule is O=C(NC12CC3CC(CC(C3)C1)C2)N1CCN(c2nc3cc(F)ccc3n3cccc23)CC1. The summed E-state index contributed by atoms with van der Waals surface area (Å²) in [6, 6.07) is 8.91. The molecular formula is C26H30FN5O. The van der Waals surface area contributed by atoms with Crippen LogP contribution < -0.4 is 10.2 Å². The van der Waals surface area contributed by atoms with Crippen LogP contribution in [0.25, 0.3) is 16.6 Å². The molecule has 4 aliphatic carbocycles. The van der Waals surface area contributed by atoms with Crippen molar-refractivity contribution in [2.75, 3.05) is 31.1 Å². The summed E-state index contributed by atoms with van der Waals surface area (Å²) in [6.07, 6.45) is 9.66. The van der Waals surface area contributed by atoms with E-state index in [0.717, 1.165) is 47.7 Å². The maximum Gasteiger partial charge on any atom is 0.317 e. The largest absolute Gasteiger partial charge is 0.351 e. The number of rotatable bonds is 2. The first-order valence-corrected chi connectivity index (χ1v) is 12.4. The van der Waals surface area contributed by atoms with Crippen molar-refractivity contribution < 1.29 is 9.18 Å². The molecule has 1 aliphatic heterocycles. The van der Waals surface area contributed by atoms with Crippen LogP contribution >= 0.6 is 0 Å². The second kappa shape index (κ2) is 7.08. The molecule has 3 heterocycles. The number of aromatic nitrogens is 2. The molecule has 2 aromatic heterocycles. The van der Waals surface area contributed by atoms with Gasteiger partial charge in [0.1, 0.15) is 5.82 Å². The number of carbonyl (C=O) groups excluding carboxylic acids is 1. The normalized spacial score (nSPS) is 31.0. The van der Waals surface area contributed by atoms with Gasteiger partial charge in [-0.2, -0.15) is 0 Å². The zero-order chi connectivity index (χ0) is 22.2. The number of nitrogens with one attached hydrogen (secondary N) is 1. The Balaban J connectivity index is 1.08. The predicted octanol–water partition coefficient (Wildman–Crippen LogP) is 4.43. The highest BCUT2D eigenvalue weighted by Gasteiger charge is 2.51. The topological polar surface area (TPSA) is 52.9 Å². The maximum absolute atomic E-state index is 13.9. The first-order valence-electron chi connectivity index (χ1n) is 12.4. The zero-order valence-corrected chi connectivity index (χ0v) is 18.8. The van der Waals surface area contributed by atoms with E-state index >= 15 is 0 Å². The summed E-state index contributed by atoms with van der Waals surface area (Å²) in [5, 5.41) is 3.51. The first-order chi connectivity index (χ1) is 16.1. The molecule has 6 nitrogen and oxygen atoms in total. The average molecular weight is 448 g/mol. The second-order valence-corrected chi connectivity index (χ2v) is 10.9. The number of nitrogens with zero attached hydrogens (tertiary/aromatic N) is 4. The van der Waals surface area contributed by atoms with Crippen LogP contribution in [0.3, 0.4) is 0 Å². The molecule has 0 radical (unpaired) electrons. The molecule has 0 spiro atoms. The number of urea groups is 1. The molecule has 8 rings (SSSR count). The van der Waals surface area contributed by atoms with Gasteiger partial charge in [-0.3, -0.25) is 0 Å². The Morgan fingerprint density at radius 3 is 2.36 bits per heavy atom. The van der Waals surface area contributed by atoms with Crippen LogP contribution in [0.2, 0.25) is 0 Å². The number of piperazine rings is 1. The highest BCUT2D eigenvalue weighted by molar-refractivity contribution is 5.85. The number of hydrogen-bond acceptors (Lipinski definition) is 3. The number of amides is 2. The van der Waals surface area contributed by atoms with Gasteiger partial charge in [0.25, 0.3) is 0 Å². The van der Waals surface area contributed by atoms with Gasteiger partial charge >= 0.3 is 6.03 Å². The van der Waals surface area contributed by atoms with Crippen LogP contribution in [-0.4, -0.2) is 52.0 Å². The molecule has 172 valence electrons. The molecule has 2 amide bonds. The number of anilines is 1.